The second kappa shape index (κ2) is 65.7. The standard InChI is InChI=1S/C75H146O17P2/c1-8-10-11-12-13-14-19-28-35-42-49-56-72(77)85-63-71(92-75(80)59-52-45-38-31-24-26-33-40-47-54-67(5)6)65-90-94(83,84)88-61-69(76)60-87-93(81,82)89-64-70(62-86-73(78)57-50-43-36-29-23-22-25-32-39-46-53-66(3)4)91-74(79)58-51-44-37-30-21-18-16-15-17-20-27-34-41-48-55-68(7)9-2/h66-71,76H,8-65H2,1-7H3,(H,81,82)(H,83,84)/t68?,69-,70-,71-/m1/s1. The number of phosphoric ester groups is 2. The fourth-order valence-electron chi connectivity index (χ4n) is 11.4. The Bertz CT molecular complexity index is 1840. The van der Waals surface area contributed by atoms with Crippen LogP contribution in [0.2, 0.25) is 0 Å². The first-order valence-electron chi connectivity index (χ1n) is 38.9. The molecule has 0 aromatic rings. The Morgan fingerprint density at radius 3 is 0.809 bits per heavy atom. The molecular formula is C75H146O17P2. The second-order valence-electron chi connectivity index (χ2n) is 28.2. The predicted octanol–water partition coefficient (Wildman–Crippen LogP) is 21.8. The Balaban J connectivity index is 5.25. The molecule has 0 bridgehead atoms. The molecule has 0 saturated carbocycles. The van der Waals surface area contributed by atoms with Gasteiger partial charge in [-0.05, 0) is 43.4 Å². The minimum absolute atomic E-state index is 0.105. The normalized spacial score (nSPS) is 14.4. The first-order chi connectivity index (χ1) is 45.3. The van der Waals surface area contributed by atoms with E-state index in [-0.39, 0.29) is 25.7 Å². The molecule has 0 aromatic heterocycles. The van der Waals surface area contributed by atoms with Gasteiger partial charge in [0.1, 0.15) is 19.3 Å². The van der Waals surface area contributed by atoms with Crippen molar-refractivity contribution in [2.45, 2.75) is 401 Å². The van der Waals surface area contributed by atoms with E-state index >= 15 is 0 Å². The third kappa shape index (κ3) is 67.3. The van der Waals surface area contributed by atoms with Crippen molar-refractivity contribution in [2.75, 3.05) is 39.6 Å². The number of aliphatic hydroxyl groups excluding tert-OH is 1. The van der Waals surface area contributed by atoms with Crippen LogP contribution in [0.25, 0.3) is 0 Å². The zero-order valence-corrected chi connectivity index (χ0v) is 63.2. The summed E-state index contributed by atoms with van der Waals surface area (Å²) in [6, 6.07) is 0. The topological polar surface area (TPSA) is 237 Å². The third-order valence-electron chi connectivity index (χ3n) is 17.7. The molecule has 3 N–H and O–H groups in total. The van der Waals surface area contributed by atoms with Crippen LogP contribution in [0.15, 0.2) is 0 Å². The van der Waals surface area contributed by atoms with Gasteiger partial charge in [-0.2, -0.15) is 0 Å². The van der Waals surface area contributed by atoms with E-state index in [0.29, 0.717) is 25.7 Å². The summed E-state index contributed by atoms with van der Waals surface area (Å²) >= 11 is 0. The van der Waals surface area contributed by atoms with Crippen LogP contribution in [0, 0.1) is 17.8 Å². The molecule has 6 atom stereocenters. The Morgan fingerprint density at radius 2 is 0.543 bits per heavy atom. The maximum absolute atomic E-state index is 13.1. The van der Waals surface area contributed by atoms with E-state index in [0.717, 1.165) is 108 Å². The lowest BCUT2D eigenvalue weighted by atomic mass is 9.99. The summed E-state index contributed by atoms with van der Waals surface area (Å²) < 4.78 is 68.5. The number of unbranched alkanes of at least 4 members (excludes halogenated alkanes) is 40. The maximum atomic E-state index is 13.1. The number of hydrogen-bond donors (Lipinski definition) is 3. The molecule has 0 radical (unpaired) electrons. The van der Waals surface area contributed by atoms with Crippen molar-refractivity contribution in [1.82, 2.24) is 0 Å². The lowest BCUT2D eigenvalue weighted by molar-refractivity contribution is -0.161. The van der Waals surface area contributed by atoms with E-state index in [2.05, 4.69) is 48.5 Å². The maximum Gasteiger partial charge on any atom is 0.472 e. The summed E-state index contributed by atoms with van der Waals surface area (Å²) in [7, 11) is -9.91. The molecule has 19 heteroatoms. The lowest BCUT2D eigenvalue weighted by Crippen LogP contribution is -2.30. The zero-order chi connectivity index (χ0) is 69.4. The number of hydrogen-bond acceptors (Lipinski definition) is 15. The Labute approximate surface area is 575 Å². The largest absolute Gasteiger partial charge is 0.472 e. The number of esters is 4. The molecule has 0 heterocycles. The van der Waals surface area contributed by atoms with Crippen molar-refractivity contribution >= 4 is 39.5 Å². The molecular weight excluding hydrogens is 1230 g/mol. The van der Waals surface area contributed by atoms with E-state index < -0.39 is 97.5 Å². The van der Waals surface area contributed by atoms with Gasteiger partial charge in [-0.3, -0.25) is 37.3 Å². The molecule has 558 valence electrons. The predicted molar refractivity (Wildman–Crippen MR) is 381 cm³/mol. The SMILES string of the molecule is CCCCCCCCCCCCCC(=O)OC[C@H](COP(=O)(O)OC[C@H](O)COP(=O)(O)OC[C@@H](COC(=O)CCCCCCCCCCCCC(C)C)OC(=O)CCCCCCCCCCCCCCCCC(C)CC)OC(=O)CCCCCCCCCCCC(C)C. The summed E-state index contributed by atoms with van der Waals surface area (Å²) in [5, 5.41) is 10.6. The number of phosphoric acid groups is 2. The van der Waals surface area contributed by atoms with Crippen molar-refractivity contribution in [1.29, 1.82) is 0 Å². The molecule has 0 spiro atoms. The summed E-state index contributed by atoms with van der Waals surface area (Å²) in [6.07, 6.45) is 51.2. The molecule has 0 fully saturated rings. The van der Waals surface area contributed by atoms with Crippen LogP contribution in [-0.2, 0) is 65.4 Å². The fraction of sp³-hybridized carbons (Fsp3) is 0.947. The van der Waals surface area contributed by atoms with Gasteiger partial charge in [-0.25, -0.2) is 9.13 Å². The average molecular weight is 1380 g/mol. The smallest absolute Gasteiger partial charge is 0.462 e. The number of rotatable bonds is 73. The molecule has 0 aliphatic rings. The molecule has 3 unspecified atom stereocenters. The van der Waals surface area contributed by atoms with Crippen LogP contribution in [0.1, 0.15) is 382 Å². The molecule has 0 saturated heterocycles. The summed E-state index contributed by atoms with van der Waals surface area (Å²) in [4.78, 5) is 72.8. The van der Waals surface area contributed by atoms with Gasteiger partial charge in [0.15, 0.2) is 12.2 Å². The first-order valence-corrected chi connectivity index (χ1v) is 41.9. The highest BCUT2D eigenvalue weighted by atomic mass is 31.2. The average Bonchev–Trinajstić information content (AvgIpc) is 2.38. The van der Waals surface area contributed by atoms with Crippen molar-refractivity contribution in [3.8, 4) is 0 Å². The molecule has 0 amide bonds. The van der Waals surface area contributed by atoms with Gasteiger partial charge in [0.2, 0.25) is 0 Å². The Morgan fingerprint density at radius 1 is 0.309 bits per heavy atom. The van der Waals surface area contributed by atoms with Crippen molar-refractivity contribution in [2.24, 2.45) is 17.8 Å². The molecule has 0 aliphatic carbocycles. The highest BCUT2D eigenvalue weighted by molar-refractivity contribution is 7.47. The van der Waals surface area contributed by atoms with Crippen LogP contribution < -0.4 is 0 Å². The molecule has 94 heavy (non-hydrogen) atoms. The third-order valence-corrected chi connectivity index (χ3v) is 19.6. The first kappa shape index (κ1) is 92.1. The summed E-state index contributed by atoms with van der Waals surface area (Å²) in [5.41, 5.74) is 0. The molecule has 0 rings (SSSR count). The van der Waals surface area contributed by atoms with Gasteiger partial charge in [-0.15, -0.1) is 0 Å². The van der Waals surface area contributed by atoms with E-state index in [1.165, 1.54) is 193 Å². The van der Waals surface area contributed by atoms with Gasteiger partial charge in [0.05, 0.1) is 26.4 Å². The summed E-state index contributed by atoms with van der Waals surface area (Å²) in [5.74, 6) is 0.222. The van der Waals surface area contributed by atoms with Crippen molar-refractivity contribution in [3.63, 3.8) is 0 Å². The Hall–Kier alpha value is -1.94. The van der Waals surface area contributed by atoms with Gasteiger partial charge >= 0.3 is 39.5 Å². The number of aliphatic hydroxyl groups is 1. The molecule has 17 nitrogen and oxygen atoms in total. The van der Waals surface area contributed by atoms with Gasteiger partial charge in [-0.1, -0.05) is 331 Å². The zero-order valence-electron chi connectivity index (χ0n) is 61.4. The summed E-state index contributed by atoms with van der Waals surface area (Å²) in [6.45, 7) is 11.9. The van der Waals surface area contributed by atoms with E-state index in [1.54, 1.807) is 0 Å². The van der Waals surface area contributed by atoms with Crippen LogP contribution in [-0.4, -0.2) is 96.7 Å². The monoisotopic (exact) mass is 1380 g/mol. The van der Waals surface area contributed by atoms with E-state index in [4.69, 9.17) is 37.0 Å². The number of carbonyl (C=O) groups is 4. The highest BCUT2D eigenvalue weighted by Crippen LogP contribution is 2.45. The van der Waals surface area contributed by atoms with Gasteiger partial charge < -0.3 is 33.8 Å². The minimum Gasteiger partial charge on any atom is -0.462 e. The van der Waals surface area contributed by atoms with Crippen molar-refractivity contribution in [3.05, 3.63) is 0 Å². The highest BCUT2D eigenvalue weighted by Gasteiger charge is 2.30. The van der Waals surface area contributed by atoms with E-state index in [1.807, 2.05) is 0 Å². The fourth-order valence-corrected chi connectivity index (χ4v) is 13.0. The van der Waals surface area contributed by atoms with Crippen LogP contribution >= 0.6 is 15.6 Å². The van der Waals surface area contributed by atoms with E-state index in [9.17, 15) is 43.2 Å². The lowest BCUT2D eigenvalue weighted by Gasteiger charge is -2.21. The van der Waals surface area contributed by atoms with Crippen LogP contribution in [0.4, 0.5) is 0 Å². The minimum atomic E-state index is -4.96. The quantitative estimate of drug-likeness (QED) is 0.0222. The van der Waals surface area contributed by atoms with Crippen molar-refractivity contribution < 1.29 is 80.2 Å². The van der Waals surface area contributed by atoms with Gasteiger partial charge in [0.25, 0.3) is 0 Å². The number of carbonyl (C=O) groups excluding carboxylic acids is 4. The van der Waals surface area contributed by atoms with Gasteiger partial charge in [0, 0.05) is 25.7 Å². The Kier molecular flexibility index (Phi) is 64.3. The van der Waals surface area contributed by atoms with Crippen LogP contribution in [0.5, 0.6) is 0 Å². The van der Waals surface area contributed by atoms with Crippen LogP contribution in [0.3, 0.4) is 0 Å². The molecule has 0 aliphatic heterocycles. The second-order valence-corrected chi connectivity index (χ2v) is 31.1. The number of ether oxygens (including phenoxy) is 4. The molecule has 0 aromatic carbocycles.